The molecule has 26 heavy (non-hydrogen) atoms. The Morgan fingerprint density at radius 3 is 2.15 bits per heavy atom. The minimum atomic E-state index is -0.596. The maximum Gasteiger partial charge on any atom is 0.340 e. The van der Waals surface area contributed by atoms with Crippen molar-refractivity contribution in [3.05, 3.63) is 75.8 Å². The lowest BCUT2D eigenvalue weighted by molar-refractivity contribution is -0.384. The molecule has 0 heterocycles. The van der Waals surface area contributed by atoms with Gasteiger partial charge >= 0.3 is 5.97 Å². The first-order valence-corrected chi connectivity index (χ1v) is 7.93. The third-order valence-corrected chi connectivity index (χ3v) is 3.46. The van der Waals surface area contributed by atoms with Gasteiger partial charge in [-0.2, -0.15) is 0 Å². The van der Waals surface area contributed by atoms with Crippen molar-refractivity contribution < 1.29 is 19.2 Å². The lowest BCUT2D eigenvalue weighted by Crippen LogP contribution is -2.22. The van der Waals surface area contributed by atoms with Crippen LogP contribution >= 0.6 is 0 Å². The summed E-state index contributed by atoms with van der Waals surface area (Å²) in [6.07, 6.45) is 0. The first kappa shape index (κ1) is 18.9. The highest BCUT2D eigenvalue weighted by atomic mass is 16.6. The summed E-state index contributed by atoms with van der Waals surface area (Å²) in [6, 6.07) is 14.3. The number of rotatable bonds is 6. The Morgan fingerprint density at radius 1 is 1.04 bits per heavy atom. The highest BCUT2D eigenvalue weighted by Gasteiger charge is 2.21. The summed E-state index contributed by atoms with van der Waals surface area (Å²) in [5.41, 5.74) is 1.34. The van der Waals surface area contributed by atoms with E-state index in [0.717, 1.165) is 0 Å². The zero-order chi connectivity index (χ0) is 19.1. The molecule has 2 aromatic rings. The standard InChI is InChI=1S/C19H18N2O5/c1-3-26-19(23)17(14-7-5-4-6-8-14)18(20-13(2)22)15-9-11-16(12-10-15)21(24)25/h4-12H,3H2,1-2H3,(H,20,22)/b18-17-. The number of amides is 1. The van der Waals surface area contributed by atoms with Gasteiger partial charge in [0.25, 0.3) is 5.69 Å². The van der Waals surface area contributed by atoms with Crippen LogP contribution < -0.4 is 5.32 Å². The Kier molecular flexibility index (Phi) is 6.21. The number of nitrogens with one attached hydrogen (secondary N) is 1. The molecule has 0 aliphatic heterocycles. The molecule has 2 aromatic carbocycles. The maximum atomic E-state index is 12.6. The molecular weight excluding hydrogens is 336 g/mol. The molecule has 0 aromatic heterocycles. The number of nitro benzene ring substituents is 1. The van der Waals surface area contributed by atoms with Crippen molar-refractivity contribution in [3.8, 4) is 0 Å². The third-order valence-electron chi connectivity index (χ3n) is 3.46. The maximum absolute atomic E-state index is 12.6. The van der Waals surface area contributed by atoms with Crippen molar-refractivity contribution in [2.75, 3.05) is 6.61 Å². The highest BCUT2D eigenvalue weighted by Crippen LogP contribution is 2.27. The molecule has 1 amide bonds. The van der Waals surface area contributed by atoms with Crippen molar-refractivity contribution in [1.29, 1.82) is 0 Å². The molecule has 134 valence electrons. The van der Waals surface area contributed by atoms with Gasteiger partial charge in [0.2, 0.25) is 5.91 Å². The van der Waals surface area contributed by atoms with Crippen LogP contribution in [-0.4, -0.2) is 23.4 Å². The van der Waals surface area contributed by atoms with E-state index in [1.54, 1.807) is 37.3 Å². The number of nitrogens with zero attached hydrogens (tertiary/aromatic N) is 1. The summed E-state index contributed by atoms with van der Waals surface area (Å²) in [5, 5.41) is 13.5. The van der Waals surface area contributed by atoms with Gasteiger partial charge in [-0.1, -0.05) is 30.3 Å². The second-order valence-electron chi connectivity index (χ2n) is 5.32. The largest absolute Gasteiger partial charge is 0.462 e. The second-order valence-corrected chi connectivity index (χ2v) is 5.32. The number of esters is 1. The Morgan fingerprint density at radius 2 is 1.65 bits per heavy atom. The van der Waals surface area contributed by atoms with Gasteiger partial charge in [-0.05, 0) is 30.2 Å². The predicted molar refractivity (Wildman–Crippen MR) is 96.8 cm³/mol. The summed E-state index contributed by atoms with van der Waals surface area (Å²) < 4.78 is 5.15. The van der Waals surface area contributed by atoms with Crippen LogP contribution in [0.15, 0.2) is 54.6 Å². The first-order valence-electron chi connectivity index (χ1n) is 7.93. The van der Waals surface area contributed by atoms with E-state index in [-0.39, 0.29) is 29.5 Å². The topological polar surface area (TPSA) is 98.5 Å². The molecule has 0 unspecified atom stereocenters. The van der Waals surface area contributed by atoms with Crippen molar-refractivity contribution >= 4 is 28.8 Å². The number of benzene rings is 2. The summed E-state index contributed by atoms with van der Waals surface area (Å²) in [6.45, 7) is 3.17. The Bertz CT molecular complexity index is 842. The highest BCUT2D eigenvalue weighted by molar-refractivity contribution is 6.25. The van der Waals surface area contributed by atoms with Crippen LogP contribution in [0.3, 0.4) is 0 Å². The normalized spacial score (nSPS) is 11.3. The molecule has 0 saturated heterocycles. The minimum Gasteiger partial charge on any atom is -0.462 e. The summed E-state index contributed by atoms with van der Waals surface area (Å²) in [5.74, 6) is -0.975. The number of hydrogen-bond acceptors (Lipinski definition) is 5. The molecule has 0 aliphatic carbocycles. The number of non-ortho nitro benzene ring substituents is 1. The van der Waals surface area contributed by atoms with E-state index >= 15 is 0 Å². The molecule has 0 fully saturated rings. The molecular formula is C19H18N2O5. The number of ether oxygens (including phenoxy) is 1. The van der Waals surface area contributed by atoms with Gasteiger partial charge in [0, 0.05) is 19.1 Å². The quantitative estimate of drug-likeness (QED) is 0.282. The number of carbonyl (C=O) groups is 2. The van der Waals surface area contributed by atoms with Gasteiger partial charge < -0.3 is 10.1 Å². The minimum absolute atomic E-state index is 0.0895. The summed E-state index contributed by atoms with van der Waals surface area (Å²) in [4.78, 5) is 34.6. The van der Waals surface area contributed by atoms with Crippen LogP contribution in [-0.2, 0) is 14.3 Å². The van der Waals surface area contributed by atoms with E-state index in [2.05, 4.69) is 5.32 Å². The number of hydrogen-bond donors (Lipinski definition) is 1. The fraction of sp³-hybridized carbons (Fsp3) is 0.158. The van der Waals surface area contributed by atoms with Gasteiger partial charge in [-0.15, -0.1) is 0 Å². The van der Waals surface area contributed by atoms with Gasteiger partial charge in [0.1, 0.15) is 0 Å². The van der Waals surface area contributed by atoms with Crippen LogP contribution in [0.1, 0.15) is 25.0 Å². The average molecular weight is 354 g/mol. The molecule has 0 aliphatic rings. The average Bonchev–Trinajstić information content (AvgIpc) is 2.62. The molecule has 1 N–H and O–H groups in total. The lowest BCUT2D eigenvalue weighted by atomic mass is 9.99. The van der Waals surface area contributed by atoms with Crippen LogP contribution in [0, 0.1) is 10.1 Å². The van der Waals surface area contributed by atoms with E-state index < -0.39 is 10.9 Å². The van der Waals surface area contributed by atoms with E-state index in [1.165, 1.54) is 31.2 Å². The van der Waals surface area contributed by atoms with Gasteiger partial charge in [-0.3, -0.25) is 14.9 Å². The molecule has 7 nitrogen and oxygen atoms in total. The van der Waals surface area contributed by atoms with E-state index in [0.29, 0.717) is 11.1 Å². The Balaban J connectivity index is 2.68. The van der Waals surface area contributed by atoms with Crippen molar-refractivity contribution in [3.63, 3.8) is 0 Å². The van der Waals surface area contributed by atoms with Gasteiger partial charge in [-0.25, -0.2) is 4.79 Å². The number of nitro groups is 1. The SMILES string of the molecule is CCOC(=O)/C(=C(\NC(C)=O)c1ccc([N+](=O)[O-])cc1)c1ccccc1. The van der Waals surface area contributed by atoms with Crippen LogP contribution in [0.5, 0.6) is 0 Å². The fourth-order valence-electron chi connectivity index (χ4n) is 2.38. The Hall–Kier alpha value is -3.48. The Labute approximate surface area is 150 Å². The van der Waals surface area contributed by atoms with Crippen molar-refractivity contribution in [2.45, 2.75) is 13.8 Å². The second kappa shape index (κ2) is 8.57. The monoisotopic (exact) mass is 354 g/mol. The van der Waals surface area contributed by atoms with E-state index in [4.69, 9.17) is 4.74 Å². The molecule has 0 bridgehead atoms. The molecule has 0 atom stereocenters. The van der Waals surface area contributed by atoms with E-state index in [9.17, 15) is 19.7 Å². The molecule has 0 radical (unpaired) electrons. The number of carbonyl (C=O) groups excluding carboxylic acids is 2. The zero-order valence-corrected chi connectivity index (χ0v) is 14.4. The van der Waals surface area contributed by atoms with E-state index in [1.807, 2.05) is 0 Å². The van der Waals surface area contributed by atoms with Gasteiger partial charge in [0.05, 0.1) is 22.8 Å². The van der Waals surface area contributed by atoms with Crippen LogP contribution in [0.25, 0.3) is 11.3 Å². The van der Waals surface area contributed by atoms with Crippen molar-refractivity contribution in [2.24, 2.45) is 0 Å². The molecule has 2 rings (SSSR count). The third kappa shape index (κ3) is 4.54. The van der Waals surface area contributed by atoms with Gasteiger partial charge in [0.15, 0.2) is 0 Å². The molecule has 7 heteroatoms. The molecule has 0 saturated carbocycles. The fourth-order valence-corrected chi connectivity index (χ4v) is 2.38. The summed E-state index contributed by atoms with van der Waals surface area (Å²) >= 11 is 0. The van der Waals surface area contributed by atoms with Crippen LogP contribution in [0.2, 0.25) is 0 Å². The first-order chi connectivity index (χ1) is 12.4. The zero-order valence-electron chi connectivity index (χ0n) is 14.4. The molecule has 0 spiro atoms. The summed E-state index contributed by atoms with van der Waals surface area (Å²) in [7, 11) is 0. The van der Waals surface area contributed by atoms with Crippen molar-refractivity contribution in [1.82, 2.24) is 5.32 Å². The van der Waals surface area contributed by atoms with Crippen LogP contribution in [0.4, 0.5) is 5.69 Å². The predicted octanol–water partition coefficient (Wildman–Crippen LogP) is 3.16. The lowest BCUT2D eigenvalue weighted by Gasteiger charge is -2.16. The smallest absolute Gasteiger partial charge is 0.340 e.